The van der Waals surface area contributed by atoms with Gasteiger partial charge in [-0.2, -0.15) is 11.8 Å². The Bertz CT molecular complexity index is 870. The predicted molar refractivity (Wildman–Crippen MR) is 142 cm³/mol. The Morgan fingerprint density at radius 1 is 1.09 bits per heavy atom. The van der Waals surface area contributed by atoms with Crippen molar-refractivity contribution >= 4 is 29.7 Å². The van der Waals surface area contributed by atoms with Gasteiger partial charge in [-0.25, -0.2) is 4.79 Å². The fourth-order valence-corrected chi connectivity index (χ4v) is 4.28. The Labute approximate surface area is 215 Å². The number of ether oxygens (including phenoxy) is 1. The molecule has 0 aliphatic heterocycles. The summed E-state index contributed by atoms with van der Waals surface area (Å²) in [6.45, 7) is 13.2. The number of benzene rings is 1. The van der Waals surface area contributed by atoms with Gasteiger partial charge in [-0.15, -0.1) is 0 Å². The van der Waals surface area contributed by atoms with E-state index in [0.29, 0.717) is 12.2 Å². The molecule has 0 aromatic heterocycles. The number of alkyl carbamates (subject to hydrolysis) is 1. The van der Waals surface area contributed by atoms with Crippen LogP contribution in [0.15, 0.2) is 24.3 Å². The molecule has 1 fully saturated rings. The van der Waals surface area contributed by atoms with Crippen molar-refractivity contribution in [2.24, 2.45) is 0 Å². The third kappa shape index (κ3) is 9.39. The molecule has 1 aliphatic rings. The standard InChI is InChI=1S/C27H43N3O4S/c1-9-18-10-12-19(13-11-18)22(23(31)29-26(2,3)4)30(20-14-15-20)24(32)21(16-17-35-8)28-25(33)34-27(5,6)7/h10-13,20-22H,9,14-17H2,1-8H3,(H,28,33)(H,29,31). The molecule has 2 atom stereocenters. The molecule has 1 aliphatic carbocycles. The molecule has 1 aromatic carbocycles. The summed E-state index contributed by atoms with van der Waals surface area (Å²) in [5.41, 5.74) is 0.801. The van der Waals surface area contributed by atoms with E-state index in [4.69, 9.17) is 4.74 Å². The van der Waals surface area contributed by atoms with Gasteiger partial charge in [0.25, 0.3) is 0 Å². The van der Waals surface area contributed by atoms with Crippen LogP contribution >= 0.6 is 11.8 Å². The topological polar surface area (TPSA) is 87.7 Å². The van der Waals surface area contributed by atoms with Crippen molar-refractivity contribution in [1.29, 1.82) is 0 Å². The highest BCUT2D eigenvalue weighted by Crippen LogP contribution is 2.36. The van der Waals surface area contributed by atoms with Crippen LogP contribution in [0, 0.1) is 0 Å². The molecule has 0 saturated heterocycles. The summed E-state index contributed by atoms with van der Waals surface area (Å²) in [5, 5.41) is 5.85. The number of aryl methyl sites for hydroxylation is 1. The average Bonchev–Trinajstić information content (AvgIpc) is 3.57. The first-order chi connectivity index (χ1) is 16.3. The maximum atomic E-state index is 14.0. The Balaban J connectivity index is 2.44. The number of thioether (sulfide) groups is 1. The minimum Gasteiger partial charge on any atom is -0.444 e. The number of nitrogens with zero attached hydrogens (tertiary/aromatic N) is 1. The number of hydrogen-bond donors (Lipinski definition) is 2. The van der Waals surface area contributed by atoms with Gasteiger partial charge in [0.2, 0.25) is 11.8 Å². The van der Waals surface area contributed by atoms with E-state index in [0.717, 1.165) is 30.4 Å². The molecular formula is C27H43N3O4S. The van der Waals surface area contributed by atoms with Gasteiger partial charge in [0, 0.05) is 11.6 Å². The van der Waals surface area contributed by atoms with E-state index in [2.05, 4.69) is 17.6 Å². The van der Waals surface area contributed by atoms with Crippen LogP contribution in [-0.2, 0) is 20.7 Å². The number of hydrogen-bond acceptors (Lipinski definition) is 5. The SMILES string of the molecule is CCc1ccc(C(C(=O)NC(C)(C)C)N(C(=O)C(CCSC)NC(=O)OC(C)(C)C)C2CC2)cc1. The summed E-state index contributed by atoms with van der Waals surface area (Å²) in [6, 6.07) is 6.29. The third-order valence-electron chi connectivity index (χ3n) is 5.52. The zero-order valence-electron chi connectivity index (χ0n) is 22.6. The van der Waals surface area contributed by atoms with Crippen molar-refractivity contribution in [3.63, 3.8) is 0 Å². The second kappa shape index (κ2) is 12.2. The second-order valence-corrected chi connectivity index (χ2v) is 12.2. The number of amides is 3. The first kappa shape index (κ1) is 29.0. The lowest BCUT2D eigenvalue weighted by molar-refractivity contribution is -0.143. The van der Waals surface area contributed by atoms with Gasteiger partial charge in [-0.3, -0.25) is 9.59 Å². The first-order valence-electron chi connectivity index (χ1n) is 12.5. The highest BCUT2D eigenvalue weighted by atomic mass is 32.2. The van der Waals surface area contributed by atoms with Gasteiger partial charge < -0.3 is 20.3 Å². The van der Waals surface area contributed by atoms with Crippen LogP contribution in [0.25, 0.3) is 0 Å². The molecule has 2 rings (SSSR count). The van der Waals surface area contributed by atoms with Crippen LogP contribution in [0.5, 0.6) is 0 Å². The average molecular weight is 506 g/mol. The fraction of sp³-hybridized carbons (Fsp3) is 0.667. The summed E-state index contributed by atoms with van der Waals surface area (Å²) >= 11 is 1.60. The molecule has 7 nitrogen and oxygen atoms in total. The maximum absolute atomic E-state index is 14.0. The Morgan fingerprint density at radius 3 is 2.14 bits per heavy atom. The zero-order chi connectivity index (χ0) is 26.4. The van der Waals surface area contributed by atoms with Crippen molar-refractivity contribution in [1.82, 2.24) is 15.5 Å². The van der Waals surface area contributed by atoms with E-state index in [9.17, 15) is 14.4 Å². The van der Waals surface area contributed by atoms with Crippen LogP contribution in [-0.4, -0.2) is 58.0 Å². The first-order valence-corrected chi connectivity index (χ1v) is 13.9. The van der Waals surface area contributed by atoms with Crippen molar-refractivity contribution in [3.05, 3.63) is 35.4 Å². The normalized spacial score (nSPS) is 15.7. The molecule has 8 heteroatoms. The van der Waals surface area contributed by atoms with Crippen molar-refractivity contribution in [2.75, 3.05) is 12.0 Å². The van der Waals surface area contributed by atoms with Crippen molar-refractivity contribution in [2.45, 2.75) is 103 Å². The molecule has 2 N–H and O–H groups in total. The number of rotatable bonds is 10. The van der Waals surface area contributed by atoms with Gasteiger partial charge in [-0.1, -0.05) is 31.2 Å². The predicted octanol–water partition coefficient (Wildman–Crippen LogP) is 4.84. The molecule has 0 bridgehead atoms. The Morgan fingerprint density at radius 2 is 1.69 bits per heavy atom. The summed E-state index contributed by atoms with van der Waals surface area (Å²) in [6.07, 6.45) is 4.34. The van der Waals surface area contributed by atoms with E-state index in [1.54, 1.807) is 37.4 Å². The zero-order valence-corrected chi connectivity index (χ0v) is 23.4. The van der Waals surface area contributed by atoms with E-state index in [1.807, 2.05) is 51.3 Å². The van der Waals surface area contributed by atoms with Gasteiger partial charge in [0.1, 0.15) is 17.7 Å². The van der Waals surface area contributed by atoms with Crippen molar-refractivity contribution in [3.8, 4) is 0 Å². The van der Waals surface area contributed by atoms with Gasteiger partial charge in [0.05, 0.1) is 0 Å². The Kier molecular flexibility index (Phi) is 10.1. The van der Waals surface area contributed by atoms with Crippen LogP contribution in [0.4, 0.5) is 4.79 Å². The number of carbonyl (C=O) groups is 3. The van der Waals surface area contributed by atoms with Crippen molar-refractivity contribution < 1.29 is 19.1 Å². The molecule has 0 radical (unpaired) electrons. The molecule has 0 heterocycles. The van der Waals surface area contributed by atoms with Crippen LogP contribution < -0.4 is 10.6 Å². The molecule has 3 amide bonds. The molecule has 0 spiro atoms. The third-order valence-corrected chi connectivity index (χ3v) is 6.17. The van der Waals surface area contributed by atoms with Gasteiger partial charge in [-0.05, 0) is 90.4 Å². The van der Waals surface area contributed by atoms with E-state index in [-0.39, 0.29) is 17.9 Å². The maximum Gasteiger partial charge on any atom is 0.408 e. The van der Waals surface area contributed by atoms with Gasteiger partial charge >= 0.3 is 6.09 Å². The highest BCUT2D eigenvalue weighted by Gasteiger charge is 2.44. The second-order valence-electron chi connectivity index (χ2n) is 11.2. The molecule has 196 valence electrons. The minimum atomic E-state index is -0.780. The lowest BCUT2D eigenvalue weighted by Crippen LogP contribution is -2.55. The molecule has 1 aromatic rings. The molecular weight excluding hydrogens is 462 g/mol. The summed E-state index contributed by atoms with van der Waals surface area (Å²) < 4.78 is 5.43. The highest BCUT2D eigenvalue weighted by molar-refractivity contribution is 7.98. The van der Waals surface area contributed by atoms with Crippen LogP contribution in [0.1, 0.15) is 84.9 Å². The summed E-state index contributed by atoms with van der Waals surface area (Å²) in [7, 11) is 0. The van der Waals surface area contributed by atoms with Crippen LogP contribution in [0.2, 0.25) is 0 Å². The van der Waals surface area contributed by atoms with E-state index in [1.165, 1.54) is 0 Å². The minimum absolute atomic E-state index is 0.0405. The Hall–Kier alpha value is -2.22. The molecule has 1 saturated carbocycles. The van der Waals surface area contributed by atoms with Crippen LogP contribution in [0.3, 0.4) is 0 Å². The summed E-state index contributed by atoms with van der Waals surface area (Å²) in [5.74, 6) is 0.221. The van der Waals surface area contributed by atoms with E-state index >= 15 is 0 Å². The number of nitrogens with one attached hydrogen (secondary N) is 2. The molecule has 2 unspecified atom stereocenters. The number of carbonyl (C=O) groups excluding carboxylic acids is 3. The smallest absolute Gasteiger partial charge is 0.408 e. The fourth-order valence-electron chi connectivity index (χ4n) is 3.81. The lowest BCUT2D eigenvalue weighted by Gasteiger charge is -2.36. The van der Waals surface area contributed by atoms with Gasteiger partial charge in [0.15, 0.2) is 0 Å². The lowest BCUT2D eigenvalue weighted by atomic mass is 9.98. The monoisotopic (exact) mass is 505 g/mol. The van der Waals surface area contributed by atoms with E-state index < -0.39 is 29.3 Å². The summed E-state index contributed by atoms with van der Waals surface area (Å²) in [4.78, 5) is 41.9. The molecule has 35 heavy (non-hydrogen) atoms. The largest absolute Gasteiger partial charge is 0.444 e. The quantitative estimate of drug-likeness (QED) is 0.475.